The minimum absolute atomic E-state index is 0.306. The highest BCUT2D eigenvalue weighted by Crippen LogP contribution is 2.37. The Morgan fingerprint density at radius 2 is 2.00 bits per heavy atom. The number of imidazole rings is 1. The van der Waals surface area contributed by atoms with Gasteiger partial charge in [0.2, 0.25) is 5.91 Å². The molecule has 42 heavy (non-hydrogen) atoms. The number of anilines is 1. The summed E-state index contributed by atoms with van der Waals surface area (Å²) in [7, 11) is 1.30. The molecule has 0 saturated heterocycles. The van der Waals surface area contributed by atoms with Crippen LogP contribution in [0.15, 0.2) is 48.8 Å². The van der Waals surface area contributed by atoms with Gasteiger partial charge in [-0.25, -0.2) is 9.78 Å². The summed E-state index contributed by atoms with van der Waals surface area (Å²) in [6, 6.07) is 10.00. The Morgan fingerprint density at radius 3 is 2.81 bits per heavy atom. The first-order valence-electron chi connectivity index (χ1n) is 13.3. The van der Waals surface area contributed by atoms with Gasteiger partial charge < -0.3 is 19.8 Å². The van der Waals surface area contributed by atoms with Crippen molar-refractivity contribution in [1.82, 2.24) is 35.5 Å². The maximum absolute atomic E-state index is 13.1. The molecule has 2 aromatic heterocycles. The first kappa shape index (κ1) is 29.1. The highest BCUT2D eigenvalue weighted by molar-refractivity contribution is 6.32. The number of tetrazole rings is 1. The SMILES string of the molecule is COC(=O)Nc1ccc2c(c1)OCCCCCC[C@H](NC(=O)/C=C/c1cc(Cl)ccc1-n1cnnn1)c1nc-2c(Cl)[nH]1. The lowest BCUT2D eigenvalue weighted by Crippen LogP contribution is -2.27. The van der Waals surface area contributed by atoms with Gasteiger partial charge in [0.1, 0.15) is 28.7 Å². The van der Waals surface area contributed by atoms with Gasteiger partial charge in [0.15, 0.2) is 0 Å². The smallest absolute Gasteiger partial charge is 0.411 e. The molecule has 218 valence electrons. The van der Waals surface area contributed by atoms with Gasteiger partial charge in [-0.05, 0) is 59.7 Å². The summed E-state index contributed by atoms with van der Waals surface area (Å²) in [6.07, 6.45) is 8.23. The van der Waals surface area contributed by atoms with Crippen molar-refractivity contribution in [1.29, 1.82) is 0 Å². The van der Waals surface area contributed by atoms with Crippen LogP contribution in [0, 0.1) is 0 Å². The predicted molar refractivity (Wildman–Crippen MR) is 158 cm³/mol. The number of rotatable bonds is 5. The van der Waals surface area contributed by atoms with Crippen LogP contribution in [-0.4, -0.2) is 55.9 Å². The molecule has 0 radical (unpaired) electrons. The van der Waals surface area contributed by atoms with Gasteiger partial charge in [-0.15, -0.1) is 5.10 Å². The van der Waals surface area contributed by atoms with E-state index in [0.717, 1.165) is 25.7 Å². The van der Waals surface area contributed by atoms with E-state index in [2.05, 4.69) is 31.1 Å². The molecule has 0 fully saturated rings. The fourth-order valence-corrected chi connectivity index (χ4v) is 5.01. The maximum atomic E-state index is 13.1. The zero-order valence-corrected chi connectivity index (χ0v) is 24.2. The van der Waals surface area contributed by atoms with Gasteiger partial charge in [-0.2, -0.15) is 4.68 Å². The molecule has 14 heteroatoms. The molecule has 2 aromatic carbocycles. The number of amides is 2. The first-order chi connectivity index (χ1) is 20.4. The van der Waals surface area contributed by atoms with Gasteiger partial charge in [0.05, 0.1) is 25.4 Å². The fourth-order valence-electron chi connectivity index (χ4n) is 4.58. The van der Waals surface area contributed by atoms with Crippen molar-refractivity contribution in [2.75, 3.05) is 19.0 Å². The summed E-state index contributed by atoms with van der Waals surface area (Å²) in [4.78, 5) is 32.8. The minimum Gasteiger partial charge on any atom is -0.493 e. The van der Waals surface area contributed by atoms with E-state index >= 15 is 0 Å². The molecule has 1 aliphatic heterocycles. The number of hydrogen-bond acceptors (Lipinski definition) is 8. The van der Waals surface area contributed by atoms with Crippen LogP contribution in [0.25, 0.3) is 23.0 Å². The number of ether oxygens (including phenoxy) is 2. The van der Waals surface area contributed by atoms with Crippen LogP contribution in [0.3, 0.4) is 0 Å². The van der Waals surface area contributed by atoms with Crippen molar-refractivity contribution >= 4 is 47.0 Å². The number of hydrogen-bond donors (Lipinski definition) is 3. The average molecular weight is 611 g/mol. The Kier molecular flexibility index (Phi) is 9.35. The third kappa shape index (κ3) is 7.07. The number of aromatic nitrogens is 6. The van der Waals surface area contributed by atoms with E-state index < -0.39 is 12.1 Å². The number of aromatic amines is 1. The van der Waals surface area contributed by atoms with Crippen LogP contribution >= 0.6 is 23.2 Å². The number of halogens is 2. The van der Waals surface area contributed by atoms with Crippen LogP contribution in [0.2, 0.25) is 10.2 Å². The van der Waals surface area contributed by atoms with Crippen molar-refractivity contribution < 1.29 is 19.1 Å². The van der Waals surface area contributed by atoms with E-state index in [1.165, 1.54) is 24.2 Å². The van der Waals surface area contributed by atoms with Crippen LogP contribution in [0.1, 0.15) is 49.5 Å². The molecular weight excluding hydrogens is 583 g/mol. The Labute approximate surface area is 251 Å². The lowest BCUT2D eigenvalue weighted by Gasteiger charge is -2.16. The molecule has 0 spiro atoms. The zero-order valence-electron chi connectivity index (χ0n) is 22.6. The summed E-state index contributed by atoms with van der Waals surface area (Å²) in [6.45, 7) is 0.491. The van der Waals surface area contributed by atoms with Crippen molar-refractivity contribution in [2.45, 2.75) is 38.1 Å². The van der Waals surface area contributed by atoms with Gasteiger partial charge in [0.25, 0.3) is 0 Å². The molecule has 2 amide bonds. The van der Waals surface area contributed by atoms with E-state index in [9.17, 15) is 9.59 Å². The van der Waals surface area contributed by atoms with E-state index in [1.807, 2.05) is 0 Å². The second kappa shape index (κ2) is 13.5. The summed E-state index contributed by atoms with van der Waals surface area (Å²) in [5.74, 6) is 0.727. The van der Waals surface area contributed by atoms with Gasteiger partial charge >= 0.3 is 6.09 Å². The third-order valence-electron chi connectivity index (χ3n) is 6.64. The molecule has 0 saturated carbocycles. The standard InChI is InChI=1S/C28H28Cl2N8O4/c1-41-28(40)32-19-9-10-20-23(15-19)42-13-5-3-2-4-6-21(27-34-25(20)26(30)35-27)33-24(39)12-7-17-14-18(29)8-11-22(17)38-16-31-36-37-38/h7-12,14-16,21H,2-6,13H2,1H3,(H,32,40)(H,33,39)(H,34,35)/b12-7+/t21-/m0/s1. The monoisotopic (exact) mass is 610 g/mol. The number of benzene rings is 2. The molecule has 5 rings (SSSR count). The molecule has 3 heterocycles. The lowest BCUT2D eigenvalue weighted by atomic mass is 10.1. The van der Waals surface area contributed by atoms with Gasteiger partial charge in [-0.3, -0.25) is 10.1 Å². The van der Waals surface area contributed by atoms with Crippen LogP contribution in [0.4, 0.5) is 10.5 Å². The molecule has 0 unspecified atom stereocenters. The van der Waals surface area contributed by atoms with E-state index in [1.54, 1.807) is 42.5 Å². The van der Waals surface area contributed by atoms with Crippen molar-refractivity contribution in [2.24, 2.45) is 0 Å². The van der Waals surface area contributed by atoms with E-state index in [0.29, 0.717) is 63.0 Å². The molecule has 12 nitrogen and oxygen atoms in total. The Balaban J connectivity index is 1.40. The number of carbonyl (C=O) groups excluding carboxylic acids is 2. The van der Waals surface area contributed by atoms with Crippen LogP contribution < -0.4 is 15.4 Å². The number of carbonyl (C=O) groups is 2. The predicted octanol–water partition coefficient (Wildman–Crippen LogP) is 5.75. The molecule has 3 N–H and O–H groups in total. The first-order valence-corrected chi connectivity index (χ1v) is 14.1. The lowest BCUT2D eigenvalue weighted by molar-refractivity contribution is -0.117. The minimum atomic E-state index is -0.589. The van der Waals surface area contributed by atoms with E-state index in [-0.39, 0.29) is 5.91 Å². The molecule has 2 bridgehead atoms. The average Bonchev–Trinajstić information content (AvgIpc) is 3.65. The number of nitrogens with zero attached hydrogens (tertiary/aromatic N) is 5. The number of methoxy groups -OCH3 is 1. The highest BCUT2D eigenvalue weighted by Gasteiger charge is 2.23. The van der Waals surface area contributed by atoms with Crippen molar-refractivity contribution in [3.8, 4) is 22.7 Å². The van der Waals surface area contributed by atoms with Crippen molar-refractivity contribution in [3.05, 3.63) is 70.4 Å². The summed E-state index contributed by atoms with van der Waals surface area (Å²) in [5.41, 5.74) is 2.98. The van der Waals surface area contributed by atoms with Gasteiger partial charge in [0, 0.05) is 34.0 Å². The Morgan fingerprint density at radius 1 is 1.14 bits per heavy atom. The number of H-pyrrole nitrogens is 1. The number of nitrogens with one attached hydrogen (secondary N) is 3. The Hall–Kier alpha value is -4.42. The summed E-state index contributed by atoms with van der Waals surface area (Å²) in [5, 5.41) is 17.8. The largest absolute Gasteiger partial charge is 0.493 e. The molecule has 4 aromatic rings. The molecule has 1 atom stereocenters. The topological polar surface area (TPSA) is 149 Å². The quantitative estimate of drug-likeness (QED) is 0.242. The third-order valence-corrected chi connectivity index (χ3v) is 7.15. The second-order valence-corrected chi connectivity index (χ2v) is 10.3. The zero-order chi connectivity index (χ0) is 29.5. The van der Waals surface area contributed by atoms with E-state index in [4.69, 9.17) is 37.7 Å². The fraction of sp³-hybridized carbons (Fsp3) is 0.286. The van der Waals surface area contributed by atoms with Crippen LogP contribution in [-0.2, 0) is 9.53 Å². The Bertz CT molecular complexity index is 1590. The molecular formula is C28H28Cl2N8O4. The maximum Gasteiger partial charge on any atom is 0.411 e. The van der Waals surface area contributed by atoms with Crippen LogP contribution in [0.5, 0.6) is 5.75 Å². The number of fused-ring (bicyclic) bond motifs is 4. The van der Waals surface area contributed by atoms with Gasteiger partial charge in [-0.1, -0.05) is 42.5 Å². The highest BCUT2D eigenvalue weighted by atomic mass is 35.5. The molecule has 0 aliphatic carbocycles. The summed E-state index contributed by atoms with van der Waals surface area (Å²) >= 11 is 12.8. The molecule has 1 aliphatic rings. The summed E-state index contributed by atoms with van der Waals surface area (Å²) < 4.78 is 12.3. The van der Waals surface area contributed by atoms with Crippen molar-refractivity contribution in [3.63, 3.8) is 0 Å². The second-order valence-electron chi connectivity index (χ2n) is 9.52. The normalized spacial score (nSPS) is 15.5.